The minimum Gasteiger partial charge on any atom is -0.374 e. The van der Waals surface area contributed by atoms with Crippen LogP contribution in [0.2, 0.25) is 0 Å². The third-order valence-electron chi connectivity index (χ3n) is 4.43. The number of hydrogen-bond donors (Lipinski definition) is 1. The van der Waals surface area contributed by atoms with Crippen molar-refractivity contribution in [2.45, 2.75) is 51.9 Å². The Bertz CT molecular complexity index is 264. The lowest BCUT2D eigenvalue weighted by Gasteiger charge is -2.41. The first-order valence-corrected chi connectivity index (χ1v) is 7.92. The maximum absolute atomic E-state index is 6.02. The minimum atomic E-state index is 0.358. The molecule has 4 nitrogen and oxygen atoms in total. The molecule has 3 atom stereocenters. The van der Waals surface area contributed by atoms with Crippen molar-refractivity contribution in [2.24, 2.45) is 11.7 Å². The van der Waals surface area contributed by atoms with E-state index in [2.05, 4.69) is 30.6 Å². The summed E-state index contributed by atoms with van der Waals surface area (Å²) >= 11 is 0. The van der Waals surface area contributed by atoms with Crippen molar-refractivity contribution in [1.29, 1.82) is 0 Å². The Morgan fingerprint density at radius 2 is 1.84 bits per heavy atom. The predicted octanol–water partition coefficient (Wildman–Crippen LogP) is 1.15. The number of nitrogens with zero attached hydrogens (tertiary/aromatic N) is 2. The van der Waals surface area contributed by atoms with Crippen molar-refractivity contribution < 1.29 is 4.74 Å². The number of piperazine rings is 1. The van der Waals surface area contributed by atoms with Crippen molar-refractivity contribution in [3.05, 3.63) is 0 Å². The van der Waals surface area contributed by atoms with E-state index in [4.69, 9.17) is 10.5 Å². The molecular formula is C15H31N3O. The summed E-state index contributed by atoms with van der Waals surface area (Å²) in [5.74, 6) is 0.760. The molecule has 19 heavy (non-hydrogen) atoms. The largest absolute Gasteiger partial charge is 0.374 e. The summed E-state index contributed by atoms with van der Waals surface area (Å²) in [6.07, 6.45) is 3.14. The molecule has 2 aliphatic rings. The fraction of sp³-hybridized carbons (Fsp3) is 1.00. The summed E-state index contributed by atoms with van der Waals surface area (Å²) in [6.45, 7) is 13.3. The molecule has 0 spiro atoms. The summed E-state index contributed by atoms with van der Waals surface area (Å²) in [6, 6.07) is 0.422. The normalized spacial score (nSPS) is 32.1. The second kappa shape index (κ2) is 7.02. The first-order chi connectivity index (χ1) is 9.10. The smallest absolute Gasteiger partial charge is 0.0747 e. The van der Waals surface area contributed by atoms with E-state index >= 15 is 0 Å². The molecule has 2 rings (SSSR count). The molecule has 0 aromatic carbocycles. The van der Waals surface area contributed by atoms with Crippen LogP contribution in [0.1, 0.15) is 33.6 Å². The third-order valence-corrected chi connectivity index (χ3v) is 4.43. The van der Waals surface area contributed by atoms with Crippen LogP contribution < -0.4 is 5.73 Å². The van der Waals surface area contributed by atoms with Gasteiger partial charge in [-0.3, -0.25) is 4.90 Å². The quantitative estimate of drug-likeness (QED) is 0.813. The number of hydrogen-bond acceptors (Lipinski definition) is 4. The van der Waals surface area contributed by atoms with E-state index in [0.29, 0.717) is 18.2 Å². The van der Waals surface area contributed by atoms with Gasteiger partial charge >= 0.3 is 0 Å². The van der Waals surface area contributed by atoms with Crippen molar-refractivity contribution in [1.82, 2.24) is 9.80 Å². The Hall–Kier alpha value is -0.160. The summed E-state index contributed by atoms with van der Waals surface area (Å²) in [4.78, 5) is 5.13. The molecule has 4 heteroatoms. The van der Waals surface area contributed by atoms with Gasteiger partial charge in [0.1, 0.15) is 0 Å². The Balaban J connectivity index is 1.81. The molecule has 2 N–H and O–H groups in total. The molecule has 3 unspecified atom stereocenters. The highest BCUT2D eigenvalue weighted by Gasteiger charge is 2.33. The van der Waals surface area contributed by atoms with Crippen LogP contribution in [0.25, 0.3) is 0 Å². The summed E-state index contributed by atoms with van der Waals surface area (Å²) < 4.78 is 6.02. The molecule has 2 aliphatic heterocycles. The topological polar surface area (TPSA) is 41.7 Å². The molecule has 0 radical (unpaired) electrons. The first kappa shape index (κ1) is 15.2. The zero-order valence-corrected chi connectivity index (χ0v) is 12.8. The summed E-state index contributed by atoms with van der Waals surface area (Å²) in [7, 11) is 0. The van der Waals surface area contributed by atoms with Gasteiger partial charge in [-0.1, -0.05) is 13.8 Å². The monoisotopic (exact) mass is 269 g/mol. The molecule has 2 saturated heterocycles. The van der Waals surface area contributed by atoms with E-state index in [1.54, 1.807) is 0 Å². The van der Waals surface area contributed by atoms with Crippen LogP contribution in [-0.4, -0.2) is 67.3 Å². The Morgan fingerprint density at radius 1 is 1.16 bits per heavy atom. The molecule has 0 aromatic rings. The first-order valence-electron chi connectivity index (χ1n) is 7.92. The Labute approximate surface area is 118 Å². The molecule has 112 valence electrons. The van der Waals surface area contributed by atoms with Gasteiger partial charge in [0.05, 0.1) is 12.2 Å². The molecule has 0 saturated carbocycles. The van der Waals surface area contributed by atoms with E-state index in [0.717, 1.165) is 25.6 Å². The van der Waals surface area contributed by atoms with Gasteiger partial charge in [-0.05, 0) is 25.7 Å². The average Bonchev–Trinajstić information content (AvgIpc) is 2.78. The van der Waals surface area contributed by atoms with Crippen LogP contribution >= 0.6 is 0 Å². The van der Waals surface area contributed by atoms with Crippen molar-refractivity contribution in [3.8, 4) is 0 Å². The predicted molar refractivity (Wildman–Crippen MR) is 79.3 cm³/mol. The second-order valence-electron chi connectivity index (χ2n) is 6.60. The minimum absolute atomic E-state index is 0.358. The molecule has 0 aliphatic carbocycles. The SMILES string of the molecule is CC(C)CN1CCN(C(CN)C2CCC(C)O2)CC1. The van der Waals surface area contributed by atoms with Gasteiger partial charge in [0.2, 0.25) is 0 Å². The molecule has 0 aromatic heterocycles. The van der Waals surface area contributed by atoms with Crippen molar-refractivity contribution in [3.63, 3.8) is 0 Å². The number of rotatable bonds is 5. The van der Waals surface area contributed by atoms with Crippen LogP contribution in [0.15, 0.2) is 0 Å². The Kier molecular flexibility index (Phi) is 5.63. The highest BCUT2D eigenvalue weighted by Crippen LogP contribution is 2.24. The zero-order valence-electron chi connectivity index (χ0n) is 12.8. The molecular weight excluding hydrogens is 238 g/mol. The van der Waals surface area contributed by atoms with Crippen LogP contribution in [0, 0.1) is 5.92 Å². The van der Waals surface area contributed by atoms with Crippen LogP contribution in [0.4, 0.5) is 0 Å². The lowest BCUT2D eigenvalue weighted by atomic mass is 10.0. The van der Waals surface area contributed by atoms with Gasteiger partial charge in [-0.25, -0.2) is 0 Å². The van der Waals surface area contributed by atoms with E-state index < -0.39 is 0 Å². The molecule has 2 fully saturated rings. The fourth-order valence-electron chi connectivity index (χ4n) is 3.45. The van der Waals surface area contributed by atoms with Gasteiger partial charge in [0, 0.05) is 45.3 Å². The van der Waals surface area contributed by atoms with Gasteiger partial charge in [-0.2, -0.15) is 0 Å². The van der Waals surface area contributed by atoms with Crippen LogP contribution in [-0.2, 0) is 4.74 Å². The second-order valence-corrected chi connectivity index (χ2v) is 6.60. The lowest BCUT2D eigenvalue weighted by Crippen LogP contribution is -2.56. The highest BCUT2D eigenvalue weighted by molar-refractivity contribution is 4.88. The van der Waals surface area contributed by atoms with Crippen LogP contribution in [0.5, 0.6) is 0 Å². The van der Waals surface area contributed by atoms with Crippen molar-refractivity contribution in [2.75, 3.05) is 39.3 Å². The van der Waals surface area contributed by atoms with Gasteiger partial charge < -0.3 is 15.4 Å². The third kappa shape index (κ3) is 4.15. The Morgan fingerprint density at radius 3 is 2.32 bits per heavy atom. The standard InChI is InChI=1S/C15H31N3O/c1-12(2)11-17-6-8-18(9-7-17)14(10-16)15-5-4-13(3)19-15/h12-15H,4-11,16H2,1-3H3. The maximum atomic E-state index is 6.02. The zero-order chi connectivity index (χ0) is 13.8. The van der Waals surface area contributed by atoms with E-state index in [-0.39, 0.29) is 0 Å². The summed E-state index contributed by atoms with van der Waals surface area (Å²) in [5.41, 5.74) is 6.01. The number of ether oxygens (including phenoxy) is 1. The van der Waals surface area contributed by atoms with Crippen LogP contribution in [0.3, 0.4) is 0 Å². The lowest BCUT2D eigenvalue weighted by molar-refractivity contribution is -0.0190. The van der Waals surface area contributed by atoms with Crippen molar-refractivity contribution >= 4 is 0 Å². The van der Waals surface area contributed by atoms with Gasteiger partial charge in [-0.15, -0.1) is 0 Å². The maximum Gasteiger partial charge on any atom is 0.0747 e. The number of nitrogens with two attached hydrogens (primary N) is 1. The van der Waals surface area contributed by atoms with Gasteiger partial charge in [0.15, 0.2) is 0 Å². The molecule has 2 heterocycles. The van der Waals surface area contributed by atoms with Gasteiger partial charge in [0.25, 0.3) is 0 Å². The molecule has 0 amide bonds. The summed E-state index contributed by atoms with van der Waals surface area (Å²) in [5, 5.41) is 0. The van der Waals surface area contributed by atoms with E-state index in [1.807, 2.05) is 0 Å². The fourth-order valence-corrected chi connectivity index (χ4v) is 3.45. The van der Waals surface area contributed by atoms with E-state index in [9.17, 15) is 0 Å². The highest BCUT2D eigenvalue weighted by atomic mass is 16.5. The molecule has 0 bridgehead atoms. The average molecular weight is 269 g/mol. The van der Waals surface area contributed by atoms with E-state index in [1.165, 1.54) is 32.5 Å².